The molecular weight excluding hydrogens is 887 g/mol. The van der Waals surface area contributed by atoms with E-state index in [4.69, 9.17) is 18.9 Å². The molecule has 5 aliphatic heterocycles. The number of hydrogen-bond donors (Lipinski definition) is 2. The number of carbonyl (C=O) groups is 6. The lowest BCUT2D eigenvalue weighted by molar-refractivity contribution is -0.280. The number of thiol groups is 2. The maximum atomic E-state index is 15.1. The fourth-order valence-corrected chi connectivity index (χ4v) is 14.5. The minimum atomic E-state index is -5.38. The molecule has 5 heterocycles. The number of rotatable bonds is 8. The molecular formula is C38H34F6N2O10S4. The van der Waals surface area contributed by atoms with Gasteiger partial charge in [0.1, 0.15) is 23.8 Å². The minimum absolute atomic E-state index is 0.401. The fraction of sp³-hybridized carbons (Fsp3) is 0.526. The molecule has 9 rings (SSSR count). The molecule has 0 unspecified atom stereocenters. The van der Waals surface area contributed by atoms with E-state index in [9.17, 15) is 45.5 Å². The van der Waals surface area contributed by atoms with Crippen molar-refractivity contribution in [3.63, 3.8) is 0 Å². The number of carbonyl (C=O) groups excluding carboxylic acids is 6. The van der Waals surface area contributed by atoms with Crippen molar-refractivity contribution in [3.8, 4) is 0 Å². The molecule has 0 aromatic heterocycles. The van der Waals surface area contributed by atoms with E-state index in [1.807, 2.05) is 0 Å². The van der Waals surface area contributed by atoms with Crippen molar-refractivity contribution in [3.05, 3.63) is 71.8 Å². The molecule has 0 N–H and O–H groups in total. The van der Waals surface area contributed by atoms with Crippen LogP contribution in [0.2, 0.25) is 0 Å². The average Bonchev–Trinajstić information content (AvgIpc) is 3.74. The Morgan fingerprint density at radius 1 is 0.633 bits per heavy atom. The smallest absolute Gasteiger partial charge is 0.432 e. The van der Waals surface area contributed by atoms with E-state index >= 15 is 9.59 Å². The molecule has 60 heavy (non-hydrogen) atoms. The van der Waals surface area contributed by atoms with E-state index in [0.29, 0.717) is 14.2 Å². The van der Waals surface area contributed by atoms with Gasteiger partial charge in [0.2, 0.25) is 0 Å². The molecule has 7 aliphatic rings. The number of esters is 2. The number of piperazine rings is 1. The standard InChI is InChI=1S/C38H34F6N2O10S4/c1-53-35(37(39,40)41,17-9-5-3-6-10-17)31(51)55-27-23(57)13-21(47)19-15-33-30(50)46-26-20(16-34(46,60-59-33)29(49)45(33)25(19)27)22(48)14-24(58)28(26)56-32(52)36(54-2,38(42,43)44)18-11-7-4-8-12-18/h3-12,19-20,23-28,57-58H,13-16H2,1-2H3/t19-,20-,23-,24-,25-,26-,27+,28+,33-,34-,35+,36+/m1/s1. The van der Waals surface area contributed by atoms with Crippen LogP contribution in [-0.2, 0) is 58.9 Å². The first kappa shape index (κ1) is 43.2. The molecule has 2 aromatic rings. The van der Waals surface area contributed by atoms with Gasteiger partial charge in [0, 0.05) is 73.4 Å². The van der Waals surface area contributed by atoms with Crippen molar-refractivity contribution in [2.75, 3.05) is 14.2 Å². The van der Waals surface area contributed by atoms with Crippen LogP contribution in [-0.4, -0.2) is 116 Å². The summed E-state index contributed by atoms with van der Waals surface area (Å²) in [6, 6.07) is 8.92. The van der Waals surface area contributed by atoms with Crippen LogP contribution in [0.5, 0.6) is 0 Å². The molecule has 12 atom stereocenters. The molecule has 22 heteroatoms. The van der Waals surface area contributed by atoms with Gasteiger partial charge in [-0.25, -0.2) is 9.59 Å². The number of hydrogen-bond acceptors (Lipinski definition) is 14. The number of fused-ring (bicyclic) bond motifs is 3. The first-order valence-corrected chi connectivity index (χ1v) is 21.6. The third-order valence-electron chi connectivity index (χ3n) is 12.5. The third-order valence-corrected chi connectivity index (χ3v) is 17.1. The SMILES string of the molecule is CO[C@](C(=O)O[C@@H]1[C@H]2[C@H](C[C@@]34SS[C@]5(C[C@@H]6C(=O)C[C@@H](S)[C@H](OC(=O)[C@@](OC)(c7ccccc7)C(F)(F)F)[C@@H]6N5C3=O)C(=O)N24)C(=O)C[C@H]1S)(c1ccccc1)C(F)(F)F. The number of Topliss-reactive ketones (excluding diaryl/α,β-unsaturated/α-hetero) is 2. The zero-order valence-corrected chi connectivity index (χ0v) is 34.6. The highest BCUT2D eigenvalue weighted by Gasteiger charge is 2.81. The predicted molar refractivity (Wildman–Crippen MR) is 205 cm³/mol. The summed E-state index contributed by atoms with van der Waals surface area (Å²) >= 11 is 8.92. The van der Waals surface area contributed by atoms with E-state index < -0.39 is 152 Å². The summed E-state index contributed by atoms with van der Waals surface area (Å²) in [5.74, 6) is -9.08. The van der Waals surface area contributed by atoms with Crippen LogP contribution >= 0.6 is 46.8 Å². The van der Waals surface area contributed by atoms with Gasteiger partial charge in [0.05, 0.1) is 12.1 Å². The second kappa shape index (κ2) is 14.6. The van der Waals surface area contributed by atoms with E-state index in [0.717, 1.165) is 55.7 Å². The van der Waals surface area contributed by atoms with Gasteiger partial charge >= 0.3 is 24.3 Å². The highest BCUT2D eigenvalue weighted by molar-refractivity contribution is 8.78. The van der Waals surface area contributed by atoms with Gasteiger partial charge in [0.15, 0.2) is 9.74 Å². The zero-order chi connectivity index (χ0) is 43.5. The Morgan fingerprint density at radius 3 is 1.27 bits per heavy atom. The second-order valence-corrected chi connectivity index (χ2v) is 19.4. The summed E-state index contributed by atoms with van der Waals surface area (Å²) in [7, 11) is 3.11. The summed E-state index contributed by atoms with van der Waals surface area (Å²) < 4.78 is 111. The quantitative estimate of drug-likeness (QED) is 0.163. The summed E-state index contributed by atoms with van der Waals surface area (Å²) in [5, 5.41) is -2.52. The second-order valence-electron chi connectivity index (χ2n) is 15.4. The van der Waals surface area contributed by atoms with Gasteiger partial charge < -0.3 is 28.7 Å². The van der Waals surface area contributed by atoms with Gasteiger partial charge in [-0.05, 0) is 0 Å². The number of benzene rings is 2. The third kappa shape index (κ3) is 5.71. The Kier molecular flexibility index (Phi) is 10.5. The molecule has 2 aliphatic carbocycles. The van der Waals surface area contributed by atoms with Crippen molar-refractivity contribution < 1.29 is 74.1 Å². The average molecular weight is 921 g/mol. The monoisotopic (exact) mass is 920 g/mol. The molecule has 322 valence electrons. The summed E-state index contributed by atoms with van der Waals surface area (Å²) in [5.41, 5.74) is -8.54. The highest BCUT2D eigenvalue weighted by atomic mass is 33.1. The number of methoxy groups -OCH3 is 2. The van der Waals surface area contributed by atoms with Crippen LogP contribution in [0.15, 0.2) is 60.7 Å². The molecule has 2 aromatic carbocycles. The number of nitrogens with zero attached hydrogens (tertiary/aromatic N) is 2. The Hall–Kier alpha value is -3.44. The van der Waals surface area contributed by atoms with E-state index in [2.05, 4.69) is 25.3 Å². The Morgan fingerprint density at radius 2 is 0.967 bits per heavy atom. The van der Waals surface area contributed by atoms with E-state index in [-0.39, 0.29) is 0 Å². The fourth-order valence-electron chi connectivity index (χ4n) is 9.84. The molecule has 0 radical (unpaired) electrons. The maximum absolute atomic E-state index is 15.1. The van der Waals surface area contributed by atoms with Gasteiger partial charge in [-0.3, -0.25) is 19.2 Å². The van der Waals surface area contributed by atoms with Crippen LogP contribution in [0.1, 0.15) is 36.8 Å². The van der Waals surface area contributed by atoms with Crippen LogP contribution in [0.4, 0.5) is 26.3 Å². The van der Waals surface area contributed by atoms with E-state index in [1.165, 1.54) is 36.4 Å². The van der Waals surface area contributed by atoms with Crippen molar-refractivity contribution >= 4 is 82.2 Å². The molecule has 7 fully saturated rings. The van der Waals surface area contributed by atoms with Crippen molar-refractivity contribution in [1.82, 2.24) is 9.80 Å². The molecule has 2 amide bonds. The lowest BCUT2D eigenvalue weighted by Gasteiger charge is -2.59. The number of amides is 2. The number of ketones is 2. The highest BCUT2D eigenvalue weighted by Crippen LogP contribution is 2.70. The summed E-state index contributed by atoms with van der Waals surface area (Å²) in [6.07, 6.45) is -15.8. The zero-order valence-electron chi connectivity index (χ0n) is 31.2. The normalized spacial score (nSPS) is 35.5. The molecule has 12 nitrogen and oxygen atoms in total. The van der Waals surface area contributed by atoms with Gasteiger partial charge in [0.25, 0.3) is 23.0 Å². The van der Waals surface area contributed by atoms with Crippen LogP contribution in [0.25, 0.3) is 0 Å². The van der Waals surface area contributed by atoms with Crippen LogP contribution in [0.3, 0.4) is 0 Å². The maximum Gasteiger partial charge on any atom is 0.432 e. The number of halogens is 6. The Bertz CT molecular complexity index is 2010. The van der Waals surface area contributed by atoms with Gasteiger partial charge in [-0.2, -0.15) is 51.6 Å². The topological polar surface area (TPSA) is 146 Å². The lowest BCUT2D eigenvalue weighted by Crippen LogP contribution is -2.78. The predicted octanol–water partition coefficient (Wildman–Crippen LogP) is 4.80. The summed E-state index contributed by atoms with van der Waals surface area (Å²) in [4.78, 5) is 83.8. The first-order chi connectivity index (χ1) is 28.2. The van der Waals surface area contributed by atoms with Crippen molar-refractivity contribution in [1.29, 1.82) is 0 Å². The minimum Gasteiger partial charge on any atom is -0.456 e. The molecule has 2 spiro atoms. The largest absolute Gasteiger partial charge is 0.456 e. The van der Waals surface area contributed by atoms with E-state index in [1.54, 1.807) is 0 Å². The molecule has 5 saturated heterocycles. The molecule has 2 bridgehead atoms. The van der Waals surface area contributed by atoms with Crippen molar-refractivity contribution in [2.45, 2.75) is 93.8 Å². The van der Waals surface area contributed by atoms with Gasteiger partial charge in [-0.1, -0.05) is 82.3 Å². The van der Waals surface area contributed by atoms with Crippen LogP contribution in [0, 0.1) is 11.8 Å². The molecule has 2 saturated carbocycles. The van der Waals surface area contributed by atoms with Crippen molar-refractivity contribution in [2.24, 2.45) is 11.8 Å². The Balaban J connectivity index is 1.17. The Labute approximate surface area is 356 Å². The number of alkyl halides is 6. The number of ether oxygens (including phenoxy) is 4. The van der Waals surface area contributed by atoms with Gasteiger partial charge in [-0.15, -0.1) is 0 Å². The summed E-state index contributed by atoms with van der Waals surface area (Å²) in [6.45, 7) is 0. The van der Waals surface area contributed by atoms with Crippen LogP contribution < -0.4 is 0 Å². The first-order valence-electron chi connectivity index (χ1n) is 18.4. The lowest BCUT2D eigenvalue weighted by atomic mass is 9.80.